The van der Waals surface area contributed by atoms with Crippen LogP contribution >= 0.6 is 0 Å². The number of esters is 2. The zero-order valence-corrected chi connectivity index (χ0v) is 34.2. The fourth-order valence-corrected chi connectivity index (χ4v) is 5.11. The van der Waals surface area contributed by atoms with Crippen LogP contribution in [0.15, 0.2) is 122 Å². The largest absolute Gasteiger partial charge is 0.462 e. The van der Waals surface area contributed by atoms with Crippen molar-refractivity contribution in [3.8, 4) is 0 Å². The van der Waals surface area contributed by atoms with Gasteiger partial charge in [0.15, 0.2) is 6.10 Å². The molecule has 54 heavy (non-hydrogen) atoms. The molecule has 0 saturated carbocycles. The molecule has 0 aromatic heterocycles. The molecule has 0 bridgehead atoms. The molecule has 0 aromatic rings. The highest BCUT2D eigenvalue weighted by atomic mass is 16.6. The van der Waals surface area contributed by atoms with Crippen molar-refractivity contribution in [2.75, 3.05) is 13.2 Å². The quantitative estimate of drug-likeness (QED) is 0.0393. The van der Waals surface area contributed by atoms with Gasteiger partial charge in [0.05, 0.1) is 6.61 Å². The molecular formula is C49H76O5. The first-order chi connectivity index (χ1) is 26.6. The van der Waals surface area contributed by atoms with E-state index in [0.29, 0.717) is 12.8 Å². The summed E-state index contributed by atoms with van der Waals surface area (Å²) in [5.74, 6) is -0.662. The van der Waals surface area contributed by atoms with E-state index in [1.165, 1.54) is 25.7 Å². The molecule has 0 aliphatic heterocycles. The Bertz CT molecular complexity index is 1160. The number of unbranched alkanes of at least 4 members (excludes halogenated alkanes) is 8. The van der Waals surface area contributed by atoms with Crippen LogP contribution < -0.4 is 0 Å². The van der Waals surface area contributed by atoms with E-state index < -0.39 is 6.10 Å². The van der Waals surface area contributed by atoms with Crippen LogP contribution in [0, 0.1) is 0 Å². The average molecular weight is 745 g/mol. The van der Waals surface area contributed by atoms with Crippen LogP contribution in [-0.2, 0) is 19.1 Å². The van der Waals surface area contributed by atoms with Gasteiger partial charge in [-0.1, -0.05) is 174 Å². The predicted octanol–water partition coefficient (Wildman–Crippen LogP) is 13.6. The van der Waals surface area contributed by atoms with Gasteiger partial charge in [-0.25, -0.2) is 0 Å². The molecule has 1 atom stereocenters. The van der Waals surface area contributed by atoms with Crippen molar-refractivity contribution in [3.63, 3.8) is 0 Å². The minimum Gasteiger partial charge on any atom is -0.462 e. The van der Waals surface area contributed by atoms with E-state index in [2.05, 4.69) is 135 Å². The maximum atomic E-state index is 12.1. The van der Waals surface area contributed by atoms with Gasteiger partial charge in [0, 0.05) is 12.8 Å². The lowest BCUT2D eigenvalue weighted by Crippen LogP contribution is -2.28. The standard InChI is InChI=1S/C49H76O5/c1-3-5-7-9-11-12-13-14-15-16-17-18-19-20-21-22-23-24-25-26-27-28-29-30-31-32-33-34-35-36-38-40-42-44-49(52)54-47(45-50)46-53-48(51)43-41-39-37-10-8-6-4-2/h5,7,11-12,14-15,17-18,20-21,23-24,26-27,29-30,32-33,35-36,47,50H,3-4,6,8-10,13,16,19,22,25,28,31,34,37-46H2,1-2H3/b7-5-,12-11-,15-14-,18-17-,21-20-,24-23-,27-26-,30-29-,33-32-,36-35-. The second kappa shape index (κ2) is 43.7. The van der Waals surface area contributed by atoms with Gasteiger partial charge in [-0.05, 0) is 89.9 Å². The van der Waals surface area contributed by atoms with Crippen molar-refractivity contribution >= 4 is 11.9 Å². The Kier molecular flexibility index (Phi) is 40.7. The lowest BCUT2D eigenvalue weighted by Gasteiger charge is -2.15. The predicted molar refractivity (Wildman–Crippen MR) is 232 cm³/mol. The van der Waals surface area contributed by atoms with E-state index in [4.69, 9.17) is 9.47 Å². The first-order valence-corrected chi connectivity index (χ1v) is 21.1. The summed E-state index contributed by atoms with van der Waals surface area (Å²) >= 11 is 0. The van der Waals surface area contributed by atoms with Crippen LogP contribution in [0.3, 0.4) is 0 Å². The van der Waals surface area contributed by atoms with Crippen molar-refractivity contribution in [2.24, 2.45) is 0 Å². The minimum absolute atomic E-state index is 0.0909. The van der Waals surface area contributed by atoms with E-state index in [9.17, 15) is 14.7 Å². The van der Waals surface area contributed by atoms with Crippen molar-refractivity contribution in [1.82, 2.24) is 0 Å². The van der Waals surface area contributed by atoms with Gasteiger partial charge in [-0.3, -0.25) is 9.59 Å². The van der Waals surface area contributed by atoms with Gasteiger partial charge in [-0.15, -0.1) is 0 Å². The molecule has 0 spiro atoms. The normalized spacial score (nSPS) is 13.5. The zero-order chi connectivity index (χ0) is 39.3. The summed E-state index contributed by atoms with van der Waals surface area (Å²) in [6, 6.07) is 0. The van der Waals surface area contributed by atoms with Crippen molar-refractivity contribution in [3.05, 3.63) is 122 Å². The molecule has 1 unspecified atom stereocenters. The Morgan fingerprint density at radius 3 is 1.20 bits per heavy atom. The van der Waals surface area contributed by atoms with Crippen LogP contribution in [0.4, 0.5) is 0 Å². The maximum Gasteiger partial charge on any atom is 0.306 e. The van der Waals surface area contributed by atoms with Crippen LogP contribution in [0.1, 0.15) is 155 Å². The van der Waals surface area contributed by atoms with E-state index in [0.717, 1.165) is 103 Å². The first kappa shape index (κ1) is 50.3. The van der Waals surface area contributed by atoms with Crippen molar-refractivity contribution < 1.29 is 24.2 Å². The molecule has 5 heteroatoms. The molecule has 0 saturated heterocycles. The molecule has 0 heterocycles. The molecule has 5 nitrogen and oxygen atoms in total. The van der Waals surface area contributed by atoms with Crippen LogP contribution in [0.5, 0.6) is 0 Å². The summed E-state index contributed by atoms with van der Waals surface area (Å²) in [7, 11) is 0. The molecule has 0 aliphatic carbocycles. The fraction of sp³-hybridized carbons (Fsp3) is 0.551. The van der Waals surface area contributed by atoms with Crippen LogP contribution in [-0.4, -0.2) is 36.4 Å². The molecule has 0 rings (SSSR count). The fourth-order valence-electron chi connectivity index (χ4n) is 5.11. The zero-order valence-electron chi connectivity index (χ0n) is 34.2. The number of hydrogen-bond acceptors (Lipinski definition) is 5. The third-order valence-electron chi connectivity index (χ3n) is 8.27. The summed E-state index contributed by atoms with van der Waals surface area (Å²) in [6.07, 6.45) is 64.4. The Morgan fingerprint density at radius 1 is 0.444 bits per heavy atom. The average Bonchev–Trinajstić information content (AvgIpc) is 3.17. The summed E-state index contributed by atoms with van der Waals surface area (Å²) < 4.78 is 10.5. The molecular weight excluding hydrogens is 669 g/mol. The smallest absolute Gasteiger partial charge is 0.306 e. The maximum absolute atomic E-state index is 12.1. The molecule has 302 valence electrons. The van der Waals surface area contributed by atoms with Gasteiger partial charge in [0.25, 0.3) is 0 Å². The lowest BCUT2D eigenvalue weighted by atomic mass is 10.1. The second-order valence-electron chi connectivity index (χ2n) is 13.3. The Balaban J connectivity index is 3.73. The lowest BCUT2D eigenvalue weighted by molar-refractivity contribution is -0.161. The van der Waals surface area contributed by atoms with Gasteiger partial charge < -0.3 is 14.6 Å². The Morgan fingerprint density at radius 2 is 0.796 bits per heavy atom. The minimum atomic E-state index is -0.799. The number of carbonyl (C=O) groups excluding carboxylic acids is 2. The number of allylic oxidation sites excluding steroid dienone is 20. The highest BCUT2D eigenvalue weighted by molar-refractivity contribution is 5.70. The molecule has 0 amide bonds. The van der Waals surface area contributed by atoms with E-state index in [1.54, 1.807) is 0 Å². The summed E-state index contributed by atoms with van der Waals surface area (Å²) in [4.78, 5) is 24.1. The third-order valence-corrected chi connectivity index (χ3v) is 8.27. The number of ether oxygens (including phenoxy) is 2. The summed E-state index contributed by atoms with van der Waals surface area (Å²) in [6.45, 7) is 3.91. The van der Waals surface area contributed by atoms with Gasteiger partial charge in [-0.2, -0.15) is 0 Å². The van der Waals surface area contributed by atoms with E-state index in [1.807, 2.05) is 0 Å². The van der Waals surface area contributed by atoms with E-state index in [-0.39, 0.29) is 25.2 Å². The number of rotatable bonds is 36. The number of hydrogen-bond donors (Lipinski definition) is 1. The van der Waals surface area contributed by atoms with Crippen LogP contribution in [0.25, 0.3) is 0 Å². The SMILES string of the molecule is CC/C=C\C/C=C\C/C=C\C/C=C\C/C=C\C/C=C\C/C=C\C/C=C\C/C=C\C/C=C\CCCCC(=O)OC(CO)COC(=O)CCCCCCCCC. The highest BCUT2D eigenvalue weighted by Gasteiger charge is 2.16. The van der Waals surface area contributed by atoms with Gasteiger partial charge in [0.1, 0.15) is 6.61 Å². The number of carbonyl (C=O) groups is 2. The number of aliphatic hydroxyl groups is 1. The van der Waals surface area contributed by atoms with Gasteiger partial charge in [0.2, 0.25) is 0 Å². The Labute approximate surface area is 331 Å². The Hall–Kier alpha value is -3.70. The first-order valence-electron chi connectivity index (χ1n) is 21.1. The van der Waals surface area contributed by atoms with E-state index >= 15 is 0 Å². The highest BCUT2D eigenvalue weighted by Crippen LogP contribution is 2.10. The van der Waals surface area contributed by atoms with Crippen LogP contribution in [0.2, 0.25) is 0 Å². The molecule has 0 aromatic carbocycles. The molecule has 1 N–H and O–H groups in total. The third kappa shape index (κ3) is 41.1. The summed E-state index contributed by atoms with van der Waals surface area (Å²) in [5.41, 5.74) is 0. The monoisotopic (exact) mass is 745 g/mol. The van der Waals surface area contributed by atoms with Crippen molar-refractivity contribution in [1.29, 1.82) is 0 Å². The second-order valence-corrected chi connectivity index (χ2v) is 13.3. The topological polar surface area (TPSA) is 72.8 Å². The van der Waals surface area contributed by atoms with Gasteiger partial charge >= 0.3 is 11.9 Å². The molecule has 0 aliphatic rings. The van der Waals surface area contributed by atoms with Crippen molar-refractivity contribution in [2.45, 2.75) is 161 Å². The summed E-state index contributed by atoms with van der Waals surface area (Å²) in [5, 5.41) is 9.50. The molecule has 0 radical (unpaired) electrons. The molecule has 0 fully saturated rings. The number of aliphatic hydroxyl groups excluding tert-OH is 1.